The molecule has 1 aliphatic rings. The summed E-state index contributed by atoms with van der Waals surface area (Å²) in [4.78, 5) is 23.9. The van der Waals surface area contributed by atoms with Crippen LogP contribution in [-0.4, -0.2) is 56.3 Å². The number of sulfone groups is 1. The summed E-state index contributed by atoms with van der Waals surface area (Å²) in [5, 5.41) is 2.48. The highest BCUT2D eigenvalue weighted by Gasteiger charge is 2.29. The molecule has 1 saturated heterocycles. The summed E-state index contributed by atoms with van der Waals surface area (Å²) in [6.07, 6.45) is 1.10. The number of rotatable bonds is 3. The smallest absolute Gasteiger partial charge is 0.245 e. The normalized spacial score (nSPS) is 22.8. The maximum atomic E-state index is 11.5. The van der Waals surface area contributed by atoms with Crippen molar-refractivity contribution in [3.05, 3.63) is 0 Å². The SMILES string of the molecule is CC1NC(=O)CN(CCS(C)(=O)=O)C1=O. The van der Waals surface area contributed by atoms with Crippen molar-refractivity contribution in [1.29, 1.82) is 0 Å². The van der Waals surface area contributed by atoms with Crippen molar-refractivity contribution in [3.8, 4) is 0 Å². The molecule has 86 valence electrons. The lowest BCUT2D eigenvalue weighted by atomic mass is 10.2. The molecule has 0 radical (unpaired) electrons. The summed E-state index contributed by atoms with van der Waals surface area (Å²) < 4.78 is 21.8. The Balaban J connectivity index is 2.61. The highest BCUT2D eigenvalue weighted by Crippen LogP contribution is 2.02. The van der Waals surface area contributed by atoms with E-state index in [1.165, 1.54) is 4.90 Å². The standard InChI is InChI=1S/C8H14N2O4S/c1-6-8(12)10(5-7(11)9-6)3-4-15(2,13)14/h6H,3-5H2,1-2H3,(H,9,11). The van der Waals surface area contributed by atoms with Crippen molar-refractivity contribution in [3.63, 3.8) is 0 Å². The number of nitrogens with zero attached hydrogens (tertiary/aromatic N) is 1. The monoisotopic (exact) mass is 234 g/mol. The lowest BCUT2D eigenvalue weighted by Crippen LogP contribution is -2.57. The van der Waals surface area contributed by atoms with Crippen molar-refractivity contribution in [2.24, 2.45) is 0 Å². The Bertz CT molecular complexity index is 376. The minimum Gasteiger partial charge on any atom is -0.343 e. The van der Waals surface area contributed by atoms with Crippen LogP contribution in [0.3, 0.4) is 0 Å². The number of nitrogens with one attached hydrogen (secondary N) is 1. The zero-order chi connectivity index (χ0) is 11.6. The summed E-state index contributed by atoms with van der Waals surface area (Å²) in [7, 11) is -3.11. The van der Waals surface area contributed by atoms with Gasteiger partial charge in [-0.05, 0) is 6.92 Å². The van der Waals surface area contributed by atoms with E-state index in [1.807, 2.05) is 0 Å². The molecule has 1 heterocycles. The zero-order valence-electron chi connectivity index (χ0n) is 8.69. The Morgan fingerprint density at radius 2 is 2.07 bits per heavy atom. The van der Waals surface area contributed by atoms with Crippen LogP contribution in [0.25, 0.3) is 0 Å². The molecule has 1 unspecified atom stereocenters. The van der Waals surface area contributed by atoms with Gasteiger partial charge in [-0.1, -0.05) is 0 Å². The van der Waals surface area contributed by atoms with Gasteiger partial charge in [0.2, 0.25) is 11.8 Å². The molecule has 0 aromatic rings. The van der Waals surface area contributed by atoms with E-state index in [-0.39, 0.29) is 30.7 Å². The maximum Gasteiger partial charge on any atom is 0.245 e. The Hall–Kier alpha value is -1.11. The van der Waals surface area contributed by atoms with Gasteiger partial charge in [-0.2, -0.15) is 0 Å². The fourth-order valence-electron chi connectivity index (χ4n) is 1.34. The van der Waals surface area contributed by atoms with Gasteiger partial charge in [-0.3, -0.25) is 9.59 Å². The fourth-order valence-corrected chi connectivity index (χ4v) is 1.89. The summed E-state index contributed by atoms with van der Waals surface area (Å²) in [6, 6.07) is -0.564. The molecule has 6 nitrogen and oxygen atoms in total. The van der Waals surface area contributed by atoms with Crippen molar-refractivity contribution >= 4 is 21.7 Å². The van der Waals surface area contributed by atoms with Crippen molar-refractivity contribution in [1.82, 2.24) is 10.2 Å². The second-order valence-electron chi connectivity index (χ2n) is 3.68. The molecule has 1 aliphatic heterocycles. The van der Waals surface area contributed by atoms with Gasteiger partial charge in [-0.15, -0.1) is 0 Å². The predicted octanol–water partition coefficient (Wildman–Crippen LogP) is -1.62. The fraction of sp³-hybridized carbons (Fsp3) is 0.750. The highest BCUT2D eigenvalue weighted by molar-refractivity contribution is 7.90. The number of amides is 2. The van der Waals surface area contributed by atoms with E-state index in [9.17, 15) is 18.0 Å². The van der Waals surface area contributed by atoms with Gasteiger partial charge in [0.1, 0.15) is 15.9 Å². The molecule has 2 amide bonds. The summed E-state index contributed by atoms with van der Waals surface area (Å²) in [5.41, 5.74) is 0. The third kappa shape index (κ3) is 3.50. The molecule has 1 atom stereocenters. The van der Waals surface area contributed by atoms with E-state index >= 15 is 0 Å². The van der Waals surface area contributed by atoms with E-state index in [0.29, 0.717) is 0 Å². The van der Waals surface area contributed by atoms with Crippen LogP contribution in [0, 0.1) is 0 Å². The van der Waals surface area contributed by atoms with E-state index in [4.69, 9.17) is 0 Å². The summed E-state index contributed by atoms with van der Waals surface area (Å²) >= 11 is 0. The van der Waals surface area contributed by atoms with Gasteiger partial charge in [0.25, 0.3) is 0 Å². The molecule has 7 heteroatoms. The minimum absolute atomic E-state index is 0.0569. The average molecular weight is 234 g/mol. The van der Waals surface area contributed by atoms with Gasteiger partial charge in [0.15, 0.2) is 0 Å². The third-order valence-corrected chi connectivity index (χ3v) is 3.05. The van der Waals surface area contributed by atoms with Crippen LogP contribution in [0.4, 0.5) is 0 Å². The van der Waals surface area contributed by atoms with E-state index in [0.717, 1.165) is 6.26 Å². The number of hydrogen-bond donors (Lipinski definition) is 1. The van der Waals surface area contributed by atoms with Crippen LogP contribution < -0.4 is 5.32 Å². The first-order valence-corrected chi connectivity index (χ1v) is 6.61. The van der Waals surface area contributed by atoms with Gasteiger partial charge in [0, 0.05) is 12.8 Å². The molecule has 0 bridgehead atoms. The van der Waals surface area contributed by atoms with Crippen LogP contribution >= 0.6 is 0 Å². The molecule has 0 aliphatic carbocycles. The highest BCUT2D eigenvalue weighted by atomic mass is 32.2. The van der Waals surface area contributed by atoms with Gasteiger partial charge in [0.05, 0.1) is 12.3 Å². The minimum atomic E-state index is -3.11. The number of carbonyl (C=O) groups excluding carboxylic acids is 2. The Morgan fingerprint density at radius 1 is 1.47 bits per heavy atom. The largest absolute Gasteiger partial charge is 0.343 e. The second-order valence-corrected chi connectivity index (χ2v) is 5.94. The molecule has 0 saturated carbocycles. The van der Waals surface area contributed by atoms with Crippen molar-refractivity contribution in [2.45, 2.75) is 13.0 Å². The average Bonchev–Trinajstić information content (AvgIpc) is 2.07. The van der Waals surface area contributed by atoms with E-state index in [1.54, 1.807) is 6.92 Å². The van der Waals surface area contributed by atoms with Crippen LogP contribution in [0.2, 0.25) is 0 Å². The topological polar surface area (TPSA) is 83.6 Å². The zero-order valence-corrected chi connectivity index (χ0v) is 9.50. The van der Waals surface area contributed by atoms with Crippen molar-refractivity contribution < 1.29 is 18.0 Å². The number of piperazine rings is 1. The van der Waals surface area contributed by atoms with E-state index in [2.05, 4.69) is 5.32 Å². The summed E-state index contributed by atoms with van der Waals surface area (Å²) in [5.74, 6) is -0.604. The van der Waals surface area contributed by atoms with Gasteiger partial charge in [-0.25, -0.2) is 8.42 Å². The molecule has 0 spiro atoms. The third-order valence-electron chi connectivity index (χ3n) is 2.13. The second kappa shape index (κ2) is 4.18. The number of carbonyl (C=O) groups is 2. The first-order valence-electron chi connectivity index (χ1n) is 4.55. The molecule has 1 fully saturated rings. The molecule has 0 aromatic heterocycles. The molecule has 1 N–H and O–H groups in total. The van der Waals surface area contributed by atoms with Gasteiger partial charge >= 0.3 is 0 Å². The molecule has 15 heavy (non-hydrogen) atoms. The molecule has 0 aromatic carbocycles. The van der Waals surface area contributed by atoms with E-state index < -0.39 is 15.9 Å². The van der Waals surface area contributed by atoms with Crippen LogP contribution in [0.1, 0.15) is 6.92 Å². The number of hydrogen-bond acceptors (Lipinski definition) is 4. The van der Waals surface area contributed by atoms with Crippen LogP contribution in [0.15, 0.2) is 0 Å². The Morgan fingerprint density at radius 3 is 2.60 bits per heavy atom. The van der Waals surface area contributed by atoms with Crippen LogP contribution in [0.5, 0.6) is 0 Å². The Labute approximate surface area is 88.5 Å². The van der Waals surface area contributed by atoms with Gasteiger partial charge < -0.3 is 10.2 Å². The first-order chi connectivity index (χ1) is 6.79. The quantitative estimate of drug-likeness (QED) is 0.636. The molecular weight excluding hydrogens is 220 g/mol. The first kappa shape index (κ1) is 12.0. The lowest BCUT2D eigenvalue weighted by Gasteiger charge is -2.30. The maximum absolute atomic E-state index is 11.5. The Kier molecular flexibility index (Phi) is 3.33. The predicted molar refractivity (Wildman–Crippen MR) is 53.9 cm³/mol. The van der Waals surface area contributed by atoms with Crippen LogP contribution in [-0.2, 0) is 19.4 Å². The lowest BCUT2D eigenvalue weighted by molar-refractivity contribution is -0.143. The molecular formula is C8H14N2O4S. The summed E-state index contributed by atoms with van der Waals surface area (Å²) in [6.45, 7) is 1.60. The van der Waals surface area contributed by atoms with Crippen molar-refractivity contribution in [2.75, 3.05) is 25.1 Å². The molecule has 1 rings (SSSR count).